The molecule has 0 heterocycles. The van der Waals surface area contributed by atoms with Crippen LogP contribution in [-0.4, -0.2) is 25.0 Å². The van der Waals surface area contributed by atoms with E-state index in [-0.39, 0.29) is 18.0 Å². The molecule has 112 valence electrons. The lowest BCUT2D eigenvalue weighted by atomic mass is 10.1. The first kappa shape index (κ1) is 16.5. The summed E-state index contributed by atoms with van der Waals surface area (Å²) in [4.78, 5) is 14.2. The molecule has 1 atom stereocenters. The van der Waals surface area contributed by atoms with Crippen molar-refractivity contribution < 1.29 is 4.79 Å². The van der Waals surface area contributed by atoms with Crippen LogP contribution in [0.25, 0.3) is 0 Å². The number of benzene rings is 1. The largest absolute Gasteiger partial charge is 0.363 e. The molecule has 0 saturated carbocycles. The van der Waals surface area contributed by atoms with Gasteiger partial charge in [-0.2, -0.15) is 0 Å². The molecule has 0 aliphatic heterocycles. The Morgan fingerprint density at radius 1 is 1.35 bits per heavy atom. The molecule has 0 spiro atoms. The molecule has 0 bridgehead atoms. The highest BCUT2D eigenvalue weighted by Crippen LogP contribution is 2.17. The van der Waals surface area contributed by atoms with Gasteiger partial charge in [0.25, 0.3) is 0 Å². The van der Waals surface area contributed by atoms with Crippen molar-refractivity contribution in [1.29, 1.82) is 0 Å². The third-order valence-electron chi connectivity index (χ3n) is 3.85. The van der Waals surface area contributed by atoms with E-state index in [9.17, 15) is 4.79 Å². The van der Waals surface area contributed by atoms with Crippen LogP contribution in [0.5, 0.6) is 0 Å². The van der Waals surface area contributed by atoms with E-state index in [4.69, 9.17) is 5.73 Å². The van der Waals surface area contributed by atoms with E-state index < -0.39 is 0 Å². The maximum absolute atomic E-state index is 12.3. The SMILES string of the molecule is CCC(CC)NC(=O)C(C)N(C)c1cccc(CN)c1. The Morgan fingerprint density at radius 3 is 2.55 bits per heavy atom. The number of likely N-dealkylation sites (N-methyl/N-ethyl adjacent to an activating group) is 1. The van der Waals surface area contributed by atoms with Gasteiger partial charge in [-0.15, -0.1) is 0 Å². The molecule has 0 fully saturated rings. The fraction of sp³-hybridized carbons (Fsp3) is 0.562. The van der Waals surface area contributed by atoms with Gasteiger partial charge in [0.05, 0.1) is 0 Å². The zero-order chi connectivity index (χ0) is 15.1. The Morgan fingerprint density at radius 2 is 2.00 bits per heavy atom. The van der Waals surface area contributed by atoms with Crippen molar-refractivity contribution in [1.82, 2.24) is 5.32 Å². The molecule has 1 unspecified atom stereocenters. The molecule has 1 aromatic rings. The molecule has 20 heavy (non-hydrogen) atoms. The summed E-state index contributed by atoms with van der Waals surface area (Å²) < 4.78 is 0. The predicted octanol–water partition coefficient (Wildman–Crippen LogP) is 2.27. The van der Waals surface area contributed by atoms with E-state index in [1.54, 1.807) is 0 Å². The molecule has 0 radical (unpaired) electrons. The molecule has 1 amide bonds. The van der Waals surface area contributed by atoms with Gasteiger partial charge in [0.2, 0.25) is 5.91 Å². The molecule has 0 aliphatic rings. The van der Waals surface area contributed by atoms with E-state index in [1.165, 1.54) is 0 Å². The second-order valence-electron chi connectivity index (χ2n) is 5.18. The lowest BCUT2D eigenvalue weighted by Crippen LogP contribution is -2.46. The number of hydrogen-bond acceptors (Lipinski definition) is 3. The van der Waals surface area contributed by atoms with Crippen LogP contribution in [0, 0.1) is 0 Å². The molecule has 0 aliphatic carbocycles. The van der Waals surface area contributed by atoms with Crippen molar-refractivity contribution in [3.8, 4) is 0 Å². The fourth-order valence-corrected chi connectivity index (χ4v) is 2.12. The maximum atomic E-state index is 12.3. The van der Waals surface area contributed by atoms with Crippen LogP contribution >= 0.6 is 0 Å². The molecule has 0 aromatic heterocycles. The first-order chi connectivity index (χ1) is 9.53. The average Bonchev–Trinajstić information content (AvgIpc) is 2.50. The van der Waals surface area contributed by atoms with Gasteiger partial charge in [-0.3, -0.25) is 4.79 Å². The molecule has 3 N–H and O–H groups in total. The van der Waals surface area contributed by atoms with Crippen molar-refractivity contribution in [2.45, 2.75) is 52.2 Å². The van der Waals surface area contributed by atoms with Crippen LogP contribution < -0.4 is 16.0 Å². The normalized spacial score (nSPS) is 12.3. The number of carbonyl (C=O) groups is 1. The Kier molecular flexibility index (Phi) is 6.52. The van der Waals surface area contributed by atoms with Gasteiger partial charge in [0.1, 0.15) is 6.04 Å². The summed E-state index contributed by atoms with van der Waals surface area (Å²) in [5.41, 5.74) is 7.74. The number of hydrogen-bond donors (Lipinski definition) is 2. The molecular weight excluding hydrogens is 250 g/mol. The van der Waals surface area contributed by atoms with E-state index in [2.05, 4.69) is 19.2 Å². The number of nitrogens with zero attached hydrogens (tertiary/aromatic N) is 1. The second-order valence-corrected chi connectivity index (χ2v) is 5.18. The lowest BCUT2D eigenvalue weighted by molar-refractivity contribution is -0.122. The van der Waals surface area contributed by atoms with Gasteiger partial charge in [-0.05, 0) is 37.5 Å². The van der Waals surface area contributed by atoms with E-state index >= 15 is 0 Å². The quantitative estimate of drug-likeness (QED) is 0.804. The van der Waals surface area contributed by atoms with Gasteiger partial charge in [0, 0.05) is 25.3 Å². The van der Waals surface area contributed by atoms with E-state index in [0.717, 1.165) is 24.1 Å². The summed E-state index contributed by atoms with van der Waals surface area (Å²) >= 11 is 0. The number of nitrogens with two attached hydrogens (primary N) is 1. The van der Waals surface area contributed by atoms with Crippen LogP contribution in [0.2, 0.25) is 0 Å². The third kappa shape index (κ3) is 4.23. The monoisotopic (exact) mass is 277 g/mol. The third-order valence-corrected chi connectivity index (χ3v) is 3.85. The Bertz CT molecular complexity index is 429. The summed E-state index contributed by atoms with van der Waals surface area (Å²) in [6.45, 7) is 6.62. The van der Waals surface area contributed by atoms with Crippen molar-refractivity contribution in [2.75, 3.05) is 11.9 Å². The zero-order valence-electron chi connectivity index (χ0n) is 13.0. The lowest BCUT2D eigenvalue weighted by Gasteiger charge is -2.28. The van der Waals surface area contributed by atoms with Crippen LogP contribution in [0.3, 0.4) is 0 Å². The van der Waals surface area contributed by atoms with Crippen LogP contribution in [0.15, 0.2) is 24.3 Å². The first-order valence-electron chi connectivity index (χ1n) is 7.35. The highest BCUT2D eigenvalue weighted by atomic mass is 16.2. The average molecular weight is 277 g/mol. The predicted molar refractivity (Wildman–Crippen MR) is 84.7 cm³/mol. The molecule has 4 nitrogen and oxygen atoms in total. The highest BCUT2D eigenvalue weighted by molar-refractivity contribution is 5.85. The second kappa shape index (κ2) is 7.90. The first-order valence-corrected chi connectivity index (χ1v) is 7.35. The minimum Gasteiger partial charge on any atom is -0.363 e. The molecule has 4 heteroatoms. The summed E-state index contributed by atoms with van der Waals surface area (Å²) in [5.74, 6) is 0.0688. The summed E-state index contributed by atoms with van der Waals surface area (Å²) in [7, 11) is 1.94. The smallest absolute Gasteiger partial charge is 0.242 e. The van der Waals surface area contributed by atoms with E-state index in [0.29, 0.717) is 6.54 Å². The number of carbonyl (C=O) groups excluding carboxylic acids is 1. The van der Waals surface area contributed by atoms with Crippen molar-refractivity contribution in [3.05, 3.63) is 29.8 Å². The molecule has 1 aromatic carbocycles. The molecule has 1 rings (SSSR count). The maximum Gasteiger partial charge on any atom is 0.242 e. The van der Waals surface area contributed by atoms with Crippen molar-refractivity contribution in [2.24, 2.45) is 5.73 Å². The number of nitrogens with one attached hydrogen (secondary N) is 1. The van der Waals surface area contributed by atoms with Crippen molar-refractivity contribution in [3.63, 3.8) is 0 Å². The fourth-order valence-electron chi connectivity index (χ4n) is 2.12. The summed E-state index contributed by atoms with van der Waals surface area (Å²) in [6.07, 6.45) is 1.92. The Balaban J connectivity index is 2.74. The summed E-state index contributed by atoms with van der Waals surface area (Å²) in [6, 6.07) is 8.05. The number of rotatable bonds is 7. The van der Waals surface area contributed by atoms with Gasteiger partial charge >= 0.3 is 0 Å². The van der Waals surface area contributed by atoms with E-state index in [1.807, 2.05) is 43.1 Å². The molecular formula is C16H27N3O. The highest BCUT2D eigenvalue weighted by Gasteiger charge is 2.20. The standard InChI is InChI=1S/C16H27N3O/c1-5-14(6-2)18-16(20)12(3)19(4)15-9-7-8-13(10-15)11-17/h7-10,12,14H,5-6,11,17H2,1-4H3,(H,18,20). The van der Waals surface area contributed by atoms with Gasteiger partial charge in [0.15, 0.2) is 0 Å². The Labute approximate surface area is 122 Å². The van der Waals surface area contributed by atoms with Crippen LogP contribution in [0.4, 0.5) is 5.69 Å². The number of anilines is 1. The minimum atomic E-state index is -0.205. The van der Waals surface area contributed by atoms with Gasteiger partial charge in [-0.1, -0.05) is 26.0 Å². The van der Waals surface area contributed by atoms with Crippen LogP contribution in [0.1, 0.15) is 39.2 Å². The molecule has 0 saturated heterocycles. The van der Waals surface area contributed by atoms with Gasteiger partial charge in [-0.25, -0.2) is 0 Å². The van der Waals surface area contributed by atoms with Gasteiger partial charge < -0.3 is 16.0 Å². The van der Waals surface area contributed by atoms with Crippen molar-refractivity contribution >= 4 is 11.6 Å². The number of amides is 1. The topological polar surface area (TPSA) is 58.4 Å². The minimum absolute atomic E-state index is 0.0688. The Hall–Kier alpha value is -1.55. The van der Waals surface area contributed by atoms with Crippen LogP contribution in [-0.2, 0) is 11.3 Å². The zero-order valence-corrected chi connectivity index (χ0v) is 13.0. The summed E-state index contributed by atoms with van der Waals surface area (Å²) in [5, 5.41) is 3.09.